The average molecular weight is 313 g/mol. The first-order valence-corrected chi connectivity index (χ1v) is 8.43. The molecule has 1 aliphatic heterocycles. The molecule has 1 aromatic rings. The first-order valence-electron chi connectivity index (χ1n) is 7.67. The molecule has 1 heterocycles. The molecule has 1 saturated heterocycles. The summed E-state index contributed by atoms with van der Waals surface area (Å²) in [4.78, 5) is 2.44. The van der Waals surface area contributed by atoms with E-state index in [0.29, 0.717) is 16.1 Å². The summed E-state index contributed by atoms with van der Waals surface area (Å²) in [6.07, 6.45) is 6.98. The van der Waals surface area contributed by atoms with Crippen LogP contribution in [-0.2, 0) is 0 Å². The summed E-state index contributed by atoms with van der Waals surface area (Å²) in [5, 5.41) is 5.00. The molecule has 3 rings (SSSR count). The highest BCUT2D eigenvalue weighted by atomic mass is 35.5. The first kappa shape index (κ1) is 14.5. The van der Waals surface area contributed by atoms with Gasteiger partial charge in [-0.2, -0.15) is 0 Å². The molecule has 0 amide bonds. The molecule has 0 aromatic heterocycles. The number of benzene rings is 1. The Hall–Kier alpha value is -0.440. The lowest BCUT2D eigenvalue weighted by atomic mass is 9.83. The van der Waals surface area contributed by atoms with Gasteiger partial charge in [-0.25, -0.2) is 0 Å². The van der Waals surface area contributed by atoms with Crippen molar-refractivity contribution in [3.63, 3.8) is 0 Å². The minimum absolute atomic E-state index is 0.624. The highest BCUT2D eigenvalue weighted by Crippen LogP contribution is 2.31. The van der Waals surface area contributed by atoms with Crippen LogP contribution in [0, 0.1) is 5.92 Å². The maximum Gasteiger partial charge on any atom is 0.0612 e. The van der Waals surface area contributed by atoms with Crippen LogP contribution >= 0.6 is 23.2 Å². The number of rotatable bonds is 2. The number of anilines is 1. The lowest BCUT2D eigenvalue weighted by Crippen LogP contribution is -2.54. The van der Waals surface area contributed by atoms with Crippen LogP contribution in [0.3, 0.4) is 0 Å². The molecule has 1 N–H and O–H groups in total. The van der Waals surface area contributed by atoms with Crippen LogP contribution in [-0.4, -0.2) is 25.7 Å². The van der Waals surface area contributed by atoms with E-state index in [1.54, 1.807) is 0 Å². The van der Waals surface area contributed by atoms with Gasteiger partial charge >= 0.3 is 0 Å². The van der Waals surface area contributed by atoms with Gasteiger partial charge in [0.15, 0.2) is 0 Å². The van der Waals surface area contributed by atoms with Gasteiger partial charge in [-0.05, 0) is 37.0 Å². The lowest BCUT2D eigenvalue weighted by molar-refractivity contribution is 0.257. The predicted molar refractivity (Wildman–Crippen MR) is 87.0 cm³/mol. The van der Waals surface area contributed by atoms with E-state index in [2.05, 4.69) is 16.3 Å². The molecule has 4 heteroatoms. The van der Waals surface area contributed by atoms with Crippen molar-refractivity contribution in [2.24, 2.45) is 5.92 Å². The van der Waals surface area contributed by atoms with Crippen LogP contribution in [0.25, 0.3) is 0 Å². The summed E-state index contributed by atoms with van der Waals surface area (Å²) in [7, 11) is 0. The van der Waals surface area contributed by atoms with E-state index in [0.717, 1.165) is 25.6 Å². The zero-order chi connectivity index (χ0) is 13.9. The maximum atomic E-state index is 6.14. The van der Waals surface area contributed by atoms with Crippen molar-refractivity contribution < 1.29 is 0 Å². The van der Waals surface area contributed by atoms with Gasteiger partial charge in [0.05, 0.1) is 10.0 Å². The van der Waals surface area contributed by atoms with Gasteiger partial charge in [0, 0.05) is 31.4 Å². The van der Waals surface area contributed by atoms with Gasteiger partial charge in [0.25, 0.3) is 0 Å². The zero-order valence-electron chi connectivity index (χ0n) is 11.7. The van der Waals surface area contributed by atoms with Gasteiger partial charge in [-0.1, -0.05) is 42.5 Å². The largest absolute Gasteiger partial charge is 0.369 e. The molecular weight excluding hydrogens is 291 g/mol. The van der Waals surface area contributed by atoms with E-state index in [-0.39, 0.29) is 0 Å². The predicted octanol–water partition coefficient (Wildman–Crippen LogP) is 4.35. The monoisotopic (exact) mass is 312 g/mol. The van der Waals surface area contributed by atoms with E-state index in [1.165, 1.54) is 37.8 Å². The molecule has 20 heavy (non-hydrogen) atoms. The summed E-state index contributed by atoms with van der Waals surface area (Å²) >= 11 is 12.2. The average Bonchev–Trinajstić information content (AvgIpc) is 2.51. The second-order valence-corrected chi connectivity index (χ2v) is 6.82. The van der Waals surface area contributed by atoms with Crippen LogP contribution in [0.5, 0.6) is 0 Å². The van der Waals surface area contributed by atoms with Crippen molar-refractivity contribution in [2.75, 3.05) is 24.5 Å². The number of hydrogen-bond donors (Lipinski definition) is 1. The third-order valence-corrected chi connectivity index (χ3v) is 5.43. The summed E-state index contributed by atoms with van der Waals surface area (Å²) < 4.78 is 0. The molecule has 2 aliphatic rings. The maximum absolute atomic E-state index is 6.14. The molecule has 0 radical (unpaired) electrons. The minimum Gasteiger partial charge on any atom is -0.369 e. The molecule has 2 nitrogen and oxygen atoms in total. The molecular formula is C16H22Cl2N2. The molecule has 1 unspecified atom stereocenters. The molecule has 1 aromatic carbocycles. The van der Waals surface area contributed by atoms with Gasteiger partial charge in [0.1, 0.15) is 0 Å². The Balaban J connectivity index is 1.69. The van der Waals surface area contributed by atoms with Crippen molar-refractivity contribution in [3.05, 3.63) is 28.2 Å². The Morgan fingerprint density at radius 1 is 1.05 bits per heavy atom. The minimum atomic E-state index is 0.624. The Morgan fingerprint density at radius 2 is 1.85 bits per heavy atom. The zero-order valence-corrected chi connectivity index (χ0v) is 13.3. The Kier molecular flexibility index (Phi) is 4.75. The van der Waals surface area contributed by atoms with E-state index in [4.69, 9.17) is 23.2 Å². The Labute approximate surface area is 131 Å². The summed E-state index contributed by atoms with van der Waals surface area (Å²) in [5.41, 5.74) is 1.20. The second kappa shape index (κ2) is 6.55. The van der Waals surface area contributed by atoms with Gasteiger partial charge in [0.2, 0.25) is 0 Å². The lowest BCUT2D eigenvalue weighted by Gasteiger charge is -2.40. The van der Waals surface area contributed by atoms with Crippen molar-refractivity contribution in [3.8, 4) is 0 Å². The Bertz CT molecular complexity index is 458. The van der Waals surface area contributed by atoms with Crippen LogP contribution in [0.1, 0.15) is 32.1 Å². The SMILES string of the molecule is Clc1ccc(N2CCNC(C3CCCCC3)C2)cc1Cl. The van der Waals surface area contributed by atoms with E-state index in [1.807, 2.05) is 12.1 Å². The summed E-state index contributed by atoms with van der Waals surface area (Å²) in [6.45, 7) is 3.19. The van der Waals surface area contributed by atoms with E-state index < -0.39 is 0 Å². The molecule has 1 aliphatic carbocycles. The quantitative estimate of drug-likeness (QED) is 0.873. The van der Waals surface area contributed by atoms with Crippen molar-refractivity contribution >= 4 is 28.9 Å². The van der Waals surface area contributed by atoms with Crippen LogP contribution in [0.2, 0.25) is 10.0 Å². The highest BCUT2D eigenvalue weighted by molar-refractivity contribution is 6.42. The standard InChI is InChI=1S/C16H22Cl2N2/c17-14-7-6-13(10-15(14)18)20-9-8-19-16(11-20)12-4-2-1-3-5-12/h6-7,10,12,16,19H,1-5,8-9,11H2. The Morgan fingerprint density at radius 3 is 2.60 bits per heavy atom. The number of nitrogens with zero attached hydrogens (tertiary/aromatic N) is 1. The molecule has 2 fully saturated rings. The highest BCUT2D eigenvalue weighted by Gasteiger charge is 2.28. The van der Waals surface area contributed by atoms with E-state index >= 15 is 0 Å². The third-order valence-electron chi connectivity index (χ3n) is 4.69. The van der Waals surface area contributed by atoms with Gasteiger partial charge in [-0.15, -0.1) is 0 Å². The molecule has 1 atom stereocenters. The second-order valence-electron chi connectivity index (χ2n) is 6.00. The molecule has 1 saturated carbocycles. The van der Waals surface area contributed by atoms with Crippen molar-refractivity contribution in [1.29, 1.82) is 0 Å². The summed E-state index contributed by atoms with van der Waals surface area (Å²) in [5.74, 6) is 0.842. The fraction of sp³-hybridized carbons (Fsp3) is 0.625. The number of nitrogens with one attached hydrogen (secondary N) is 1. The van der Waals surface area contributed by atoms with Gasteiger partial charge < -0.3 is 10.2 Å². The smallest absolute Gasteiger partial charge is 0.0612 e. The number of piperazine rings is 1. The third kappa shape index (κ3) is 3.24. The summed E-state index contributed by atoms with van der Waals surface area (Å²) in [6, 6.07) is 6.60. The molecule has 0 bridgehead atoms. The first-order chi connectivity index (χ1) is 9.74. The fourth-order valence-corrected chi connectivity index (χ4v) is 3.84. The van der Waals surface area contributed by atoms with Gasteiger partial charge in [-0.3, -0.25) is 0 Å². The van der Waals surface area contributed by atoms with Crippen molar-refractivity contribution in [2.45, 2.75) is 38.1 Å². The van der Waals surface area contributed by atoms with Crippen molar-refractivity contribution in [1.82, 2.24) is 5.32 Å². The molecule has 0 spiro atoms. The topological polar surface area (TPSA) is 15.3 Å². The molecule has 110 valence electrons. The number of hydrogen-bond acceptors (Lipinski definition) is 2. The van der Waals surface area contributed by atoms with Crippen LogP contribution < -0.4 is 10.2 Å². The van der Waals surface area contributed by atoms with Crippen LogP contribution in [0.15, 0.2) is 18.2 Å². The normalized spacial score (nSPS) is 24.9. The van der Waals surface area contributed by atoms with Crippen LogP contribution in [0.4, 0.5) is 5.69 Å². The van der Waals surface area contributed by atoms with E-state index in [9.17, 15) is 0 Å². The number of halogens is 2. The fourth-order valence-electron chi connectivity index (χ4n) is 3.55.